The average molecular weight is 176 g/mol. The molecule has 4 N–H and O–H groups in total. The fraction of sp³-hybridized carbons (Fsp3) is 0. The Hall–Kier alpha value is -2.12. The molecule has 0 bridgehead atoms. The van der Waals surface area contributed by atoms with Crippen LogP contribution < -0.4 is 11.5 Å². The van der Waals surface area contributed by atoms with Crippen LogP contribution in [0.1, 0.15) is 0 Å². The van der Waals surface area contributed by atoms with Crippen LogP contribution >= 0.6 is 0 Å². The van der Waals surface area contributed by atoms with E-state index in [1.807, 2.05) is 0 Å². The molecule has 8 heteroatoms. The lowest BCUT2D eigenvalue weighted by molar-refractivity contribution is -0.159. The number of rotatable bonds is 0. The molecule has 0 aliphatic carbocycles. The van der Waals surface area contributed by atoms with Gasteiger partial charge in [0.15, 0.2) is 0 Å². The Labute approximate surface area is 65.4 Å². The zero-order valence-corrected chi connectivity index (χ0v) is 5.60. The molecule has 0 aliphatic heterocycles. The van der Waals surface area contributed by atoms with Gasteiger partial charge in [-0.25, -0.2) is 19.2 Å². The molecule has 0 radical (unpaired) electrons. The first-order chi connectivity index (χ1) is 5.43. The van der Waals surface area contributed by atoms with Crippen molar-refractivity contribution in [1.82, 2.24) is 0 Å². The van der Waals surface area contributed by atoms with Crippen molar-refractivity contribution in [1.29, 1.82) is 0 Å². The van der Waals surface area contributed by atoms with Gasteiger partial charge >= 0.3 is 24.1 Å². The second-order valence-electron chi connectivity index (χ2n) is 1.42. The Balaban J connectivity index is 4.03. The first kappa shape index (κ1) is 9.88. The molecule has 0 aliphatic rings. The largest absolute Gasteiger partial charge is 0.426 e. The van der Waals surface area contributed by atoms with Crippen LogP contribution in [0.25, 0.3) is 0 Å². The first-order valence-electron chi connectivity index (χ1n) is 2.46. The Morgan fingerprint density at radius 1 is 0.750 bits per heavy atom. The third-order valence-electron chi connectivity index (χ3n) is 0.553. The van der Waals surface area contributed by atoms with E-state index in [4.69, 9.17) is 0 Å². The summed E-state index contributed by atoms with van der Waals surface area (Å²) in [6.07, 6.45) is -2.97. The van der Waals surface area contributed by atoms with E-state index >= 15 is 0 Å². The summed E-state index contributed by atoms with van der Waals surface area (Å²) in [7, 11) is 0. The quantitative estimate of drug-likeness (QED) is 0.254. The molecule has 0 atom stereocenters. The number of nitrogens with two attached hydrogens (primary N) is 2. The maximum absolute atomic E-state index is 10.3. The maximum Gasteiger partial charge on any atom is 0.426 e. The first-order valence-corrected chi connectivity index (χ1v) is 2.46. The van der Waals surface area contributed by atoms with Crippen LogP contribution in [0.2, 0.25) is 0 Å². The van der Waals surface area contributed by atoms with Gasteiger partial charge in [0, 0.05) is 0 Å². The third kappa shape index (κ3) is 3.82. The fourth-order valence-corrected chi connectivity index (χ4v) is 0.266. The van der Waals surface area contributed by atoms with Crippen molar-refractivity contribution in [2.75, 3.05) is 0 Å². The summed E-state index contributed by atoms with van der Waals surface area (Å²) in [6, 6.07) is 0. The zero-order chi connectivity index (χ0) is 9.72. The molecule has 8 nitrogen and oxygen atoms in total. The second-order valence-corrected chi connectivity index (χ2v) is 1.42. The number of ether oxygens (including phenoxy) is 2. The summed E-state index contributed by atoms with van der Waals surface area (Å²) < 4.78 is 7.06. The van der Waals surface area contributed by atoms with E-state index in [9.17, 15) is 19.2 Å². The van der Waals surface area contributed by atoms with Gasteiger partial charge in [0.05, 0.1) is 0 Å². The average Bonchev–Trinajstić information content (AvgIpc) is 1.84. The van der Waals surface area contributed by atoms with Gasteiger partial charge in [0.2, 0.25) is 0 Å². The lowest BCUT2D eigenvalue weighted by Crippen LogP contribution is -2.29. The minimum Gasteiger partial charge on any atom is -0.368 e. The van der Waals surface area contributed by atoms with Crippen molar-refractivity contribution in [2.45, 2.75) is 0 Å². The van der Waals surface area contributed by atoms with Crippen molar-refractivity contribution in [3.05, 3.63) is 0 Å². The van der Waals surface area contributed by atoms with Crippen LogP contribution in [0.15, 0.2) is 0 Å². The van der Waals surface area contributed by atoms with Gasteiger partial charge in [0.1, 0.15) is 0 Å². The molecule has 0 aromatic heterocycles. The number of hydrogen-bond acceptors (Lipinski definition) is 6. The normalized spacial score (nSPS) is 8.33. The molecule has 0 saturated carbocycles. The zero-order valence-electron chi connectivity index (χ0n) is 5.60. The second kappa shape index (κ2) is 3.91. The Morgan fingerprint density at radius 2 is 1.00 bits per heavy atom. The van der Waals surface area contributed by atoms with E-state index in [-0.39, 0.29) is 0 Å². The molecule has 12 heavy (non-hydrogen) atoms. The number of primary amides is 2. The van der Waals surface area contributed by atoms with Crippen molar-refractivity contribution < 1.29 is 28.7 Å². The molecular weight excluding hydrogens is 172 g/mol. The van der Waals surface area contributed by atoms with Gasteiger partial charge in [-0.15, -0.1) is 0 Å². The molecule has 0 fully saturated rings. The van der Waals surface area contributed by atoms with E-state index in [0.29, 0.717) is 0 Å². The Kier molecular flexibility index (Phi) is 3.22. The van der Waals surface area contributed by atoms with Gasteiger partial charge < -0.3 is 20.9 Å². The predicted molar refractivity (Wildman–Crippen MR) is 31.4 cm³/mol. The van der Waals surface area contributed by atoms with Gasteiger partial charge in [-0.05, 0) is 0 Å². The van der Waals surface area contributed by atoms with Crippen LogP contribution in [0.3, 0.4) is 0 Å². The third-order valence-corrected chi connectivity index (χ3v) is 0.553. The minimum atomic E-state index is -1.71. The summed E-state index contributed by atoms with van der Waals surface area (Å²) in [6.45, 7) is 0. The SMILES string of the molecule is NC(=O)OC(=O)C(=O)OC(N)=O. The Bertz CT molecular complexity index is 220. The molecular formula is C4H4N2O6. The van der Waals surface area contributed by atoms with Crippen molar-refractivity contribution >= 4 is 24.1 Å². The monoisotopic (exact) mass is 176 g/mol. The lowest BCUT2D eigenvalue weighted by Gasteiger charge is -1.96. The number of carbonyl (C=O) groups excluding carboxylic acids is 4. The van der Waals surface area contributed by atoms with Gasteiger partial charge in [-0.1, -0.05) is 0 Å². The van der Waals surface area contributed by atoms with E-state index in [1.165, 1.54) is 0 Å². The minimum absolute atomic E-state index is 1.48. The molecule has 0 aromatic rings. The summed E-state index contributed by atoms with van der Waals surface area (Å²) in [5.41, 5.74) is 8.71. The van der Waals surface area contributed by atoms with Gasteiger partial charge in [-0.3, -0.25) is 0 Å². The molecule has 2 amide bonds. The molecule has 0 aromatic carbocycles. The fourth-order valence-electron chi connectivity index (χ4n) is 0.266. The topological polar surface area (TPSA) is 139 Å². The molecule has 0 spiro atoms. The molecule has 0 heterocycles. The highest BCUT2D eigenvalue weighted by Gasteiger charge is 2.21. The summed E-state index contributed by atoms with van der Waals surface area (Å²) >= 11 is 0. The molecule has 0 unspecified atom stereocenters. The van der Waals surface area contributed by atoms with E-state index in [0.717, 1.165) is 0 Å². The number of esters is 2. The van der Waals surface area contributed by atoms with Gasteiger partial charge in [-0.2, -0.15) is 0 Å². The van der Waals surface area contributed by atoms with Crippen LogP contribution in [0.5, 0.6) is 0 Å². The van der Waals surface area contributed by atoms with Crippen LogP contribution in [-0.2, 0) is 19.1 Å². The van der Waals surface area contributed by atoms with Crippen LogP contribution in [0, 0.1) is 0 Å². The highest BCUT2D eigenvalue weighted by Crippen LogP contribution is 1.83. The maximum atomic E-state index is 10.3. The lowest BCUT2D eigenvalue weighted by atomic mass is 10.7. The van der Waals surface area contributed by atoms with Crippen molar-refractivity contribution in [2.24, 2.45) is 11.5 Å². The predicted octanol–water partition coefficient (Wildman–Crippen LogP) is -1.77. The molecule has 66 valence electrons. The molecule has 0 saturated heterocycles. The number of hydrogen-bond donors (Lipinski definition) is 2. The van der Waals surface area contributed by atoms with Crippen molar-refractivity contribution in [3.63, 3.8) is 0 Å². The highest BCUT2D eigenvalue weighted by molar-refractivity contribution is 6.33. The summed E-state index contributed by atoms with van der Waals surface area (Å²) in [4.78, 5) is 40.3. The Morgan fingerprint density at radius 3 is 1.17 bits per heavy atom. The summed E-state index contributed by atoms with van der Waals surface area (Å²) in [5.74, 6) is -3.41. The van der Waals surface area contributed by atoms with E-state index in [1.54, 1.807) is 0 Å². The van der Waals surface area contributed by atoms with Gasteiger partial charge in [0.25, 0.3) is 0 Å². The van der Waals surface area contributed by atoms with Crippen molar-refractivity contribution in [3.8, 4) is 0 Å². The van der Waals surface area contributed by atoms with E-state index < -0.39 is 24.1 Å². The number of carbonyl (C=O) groups is 4. The van der Waals surface area contributed by atoms with E-state index in [2.05, 4.69) is 20.9 Å². The standard InChI is InChI=1S/C4H4N2O6/c5-3(9)11-1(7)2(8)12-4(6)10/h(H2,5,9)(H2,6,10). The smallest absolute Gasteiger partial charge is 0.368 e. The molecule has 0 rings (SSSR count). The number of amides is 2. The highest BCUT2D eigenvalue weighted by atomic mass is 16.6. The van der Waals surface area contributed by atoms with Crippen LogP contribution in [0.4, 0.5) is 9.59 Å². The summed E-state index contributed by atoms with van der Waals surface area (Å²) in [5, 5.41) is 0. The van der Waals surface area contributed by atoms with Crippen LogP contribution in [-0.4, -0.2) is 24.1 Å².